The summed E-state index contributed by atoms with van der Waals surface area (Å²) in [6.07, 6.45) is -14.8. The smallest absolute Gasteiger partial charge is 0.423 e. The summed E-state index contributed by atoms with van der Waals surface area (Å²) in [5.41, 5.74) is 0.154. The fraction of sp³-hybridized carbons (Fsp3) is 0.667. The van der Waals surface area contributed by atoms with Crippen LogP contribution in [0.25, 0.3) is 0 Å². The Hall–Kier alpha value is -1.22. The number of hydrogen-bond donors (Lipinski definition) is 1. The number of rotatable bonds is 6. The molecule has 0 fully saturated rings. The van der Waals surface area contributed by atoms with Crippen LogP contribution in [0, 0.1) is 6.92 Å². The van der Waals surface area contributed by atoms with E-state index in [1.54, 1.807) is 0 Å². The Bertz CT molecular complexity index is 438. The second-order valence-electron chi connectivity index (χ2n) is 4.35. The molecule has 0 atom stereocenters. The number of ether oxygens (including phenoxy) is 1. The van der Waals surface area contributed by atoms with Gasteiger partial charge in [-0.25, -0.2) is 0 Å². The Morgan fingerprint density at radius 3 is 2.24 bits per heavy atom. The van der Waals surface area contributed by atoms with Crippen LogP contribution < -0.4 is 5.32 Å². The second kappa shape index (κ2) is 6.69. The third-order valence-corrected chi connectivity index (χ3v) is 2.62. The van der Waals surface area contributed by atoms with Crippen LogP contribution >= 0.6 is 0 Å². The van der Waals surface area contributed by atoms with Gasteiger partial charge in [-0.3, -0.25) is 0 Å². The Morgan fingerprint density at radius 1 is 1.19 bits per heavy atom. The van der Waals surface area contributed by atoms with Crippen LogP contribution in [0.1, 0.15) is 24.0 Å². The topological polar surface area (TPSA) is 34.4 Å². The Morgan fingerprint density at radius 2 is 1.76 bits per heavy atom. The van der Waals surface area contributed by atoms with E-state index in [-0.39, 0.29) is 11.3 Å². The molecule has 0 saturated carbocycles. The Balaban J connectivity index is 2.75. The van der Waals surface area contributed by atoms with Crippen LogP contribution in [0.15, 0.2) is 10.5 Å². The van der Waals surface area contributed by atoms with Crippen molar-refractivity contribution in [1.82, 2.24) is 5.32 Å². The highest BCUT2D eigenvalue weighted by molar-refractivity contribution is 5.20. The Labute approximate surface area is 117 Å². The van der Waals surface area contributed by atoms with Crippen molar-refractivity contribution in [2.75, 3.05) is 6.54 Å². The first-order valence-corrected chi connectivity index (χ1v) is 6.09. The third kappa shape index (κ3) is 5.24. The molecule has 0 aromatic carbocycles. The van der Waals surface area contributed by atoms with Crippen LogP contribution in [0.2, 0.25) is 0 Å². The summed E-state index contributed by atoms with van der Waals surface area (Å²) >= 11 is 0. The zero-order valence-corrected chi connectivity index (χ0v) is 11.4. The molecule has 0 unspecified atom stereocenters. The zero-order chi connectivity index (χ0) is 16.3. The summed E-state index contributed by atoms with van der Waals surface area (Å²) < 4.78 is 83.1. The molecule has 0 aliphatic carbocycles. The van der Waals surface area contributed by atoms with Crippen molar-refractivity contribution in [3.8, 4) is 0 Å². The molecular formula is C12H15F6NO2. The minimum Gasteiger partial charge on any atom is -0.465 e. The van der Waals surface area contributed by atoms with E-state index in [0.29, 0.717) is 18.8 Å². The van der Waals surface area contributed by atoms with Crippen molar-refractivity contribution in [3.63, 3.8) is 0 Å². The van der Waals surface area contributed by atoms with Crippen LogP contribution in [-0.2, 0) is 17.9 Å². The van der Waals surface area contributed by atoms with Gasteiger partial charge < -0.3 is 14.5 Å². The van der Waals surface area contributed by atoms with E-state index < -0.39 is 25.1 Å². The molecule has 21 heavy (non-hydrogen) atoms. The monoisotopic (exact) mass is 319 g/mol. The van der Waals surface area contributed by atoms with Gasteiger partial charge in [-0.2, -0.15) is 26.3 Å². The fourth-order valence-corrected chi connectivity index (χ4v) is 1.61. The predicted molar refractivity (Wildman–Crippen MR) is 61.5 cm³/mol. The molecule has 0 amide bonds. The quantitative estimate of drug-likeness (QED) is 0.812. The number of halogens is 6. The SMILES string of the molecule is CCNCc1cc(COC(C(F)(F)F)C(F)(F)F)c(C)o1. The van der Waals surface area contributed by atoms with Crippen LogP contribution in [0.4, 0.5) is 26.3 Å². The van der Waals surface area contributed by atoms with Gasteiger partial charge in [0.05, 0.1) is 13.2 Å². The first kappa shape index (κ1) is 17.8. The first-order chi connectivity index (χ1) is 9.55. The maximum absolute atomic E-state index is 12.3. The summed E-state index contributed by atoms with van der Waals surface area (Å²) in [4.78, 5) is 0. The highest BCUT2D eigenvalue weighted by Gasteiger charge is 2.58. The van der Waals surface area contributed by atoms with Gasteiger partial charge in [-0.1, -0.05) is 6.92 Å². The number of aryl methyl sites for hydroxylation is 1. The summed E-state index contributed by atoms with van der Waals surface area (Å²) in [5.74, 6) is 0.648. The van der Waals surface area contributed by atoms with E-state index >= 15 is 0 Å². The number of alkyl halides is 6. The minimum atomic E-state index is -5.51. The molecule has 1 heterocycles. The van der Waals surface area contributed by atoms with Crippen molar-refractivity contribution in [1.29, 1.82) is 0 Å². The number of furan rings is 1. The van der Waals surface area contributed by atoms with Crippen molar-refractivity contribution >= 4 is 0 Å². The average molecular weight is 319 g/mol. The molecule has 0 bridgehead atoms. The highest BCUT2D eigenvalue weighted by atomic mass is 19.4. The molecule has 0 saturated heterocycles. The lowest BCUT2D eigenvalue weighted by atomic mass is 10.2. The maximum Gasteiger partial charge on any atom is 0.423 e. The zero-order valence-electron chi connectivity index (χ0n) is 11.4. The fourth-order valence-electron chi connectivity index (χ4n) is 1.61. The molecular weight excluding hydrogens is 304 g/mol. The van der Waals surface area contributed by atoms with Crippen LogP contribution in [-0.4, -0.2) is 25.0 Å². The lowest BCUT2D eigenvalue weighted by molar-refractivity contribution is -0.324. The van der Waals surface area contributed by atoms with Crippen molar-refractivity contribution < 1.29 is 35.5 Å². The summed E-state index contributed by atoms with van der Waals surface area (Å²) in [6, 6.07) is 1.38. The lowest BCUT2D eigenvalue weighted by Crippen LogP contribution is -2.44. The standard InChI is InChI=1S/C12H15F6NO2/c1-3-19-5-9-4-8(7(2)21-9)6-20-10(11(13,14)15)12(16,17)18/h4,10,19H,3,5-6H2,1-2H3. The average Bonchev–Trinajstić information content (AvgIpc) is 2.64. The van der Waals surface area contributed by atoms with E-state index in [0.717, 1.165) is 0 Å². The number of nitrogens with one attached hydrogen (secondary N) is 1. The van der Waals surface area contributed by atoms with E-state index in [9.17, 15) is 26.3 Å². The molecule has 0 spiro atoms. The molecule has 122 valence electrons. The molecule has 3 nitrogen and oxygen atoms in total. The minimum absolute atomic E-state index is 0.154. The highest BCUT2D eigenvalue weighted by Crippen LogP contribution is 2.36. The third-order valence-electron chi connectivity index (χ3n) is 2.62. The van der Waals surface area contributed by atoms with Gasteiger partial charge in [0.2, 0.25) is 6.10 Å². The van der Waals surface area contributed by atoms with Gasteiger partial charge in [0, 0.05) is 5.56 Å². The molecule has 9 heteroatoms. The largest absolute Gasteiger partial charge is 0.465 e. The van der Waals surface area contributed by atoms with Crippen molar-refractivity contribution in [3.05, 3.63) is 23.2 Å². The molecule has 1 rings (SSSR count). The summed E-state index contributed by atoms with van der Waals surface area (Å²) in [6.45, 7) is 3.45. The predicted octanol–water partition coefficient (Wildman–Crippen LogP) is 3.71. The first-order valence-electron chi connectivity index (χ1n) is 6.09. The van der Waals surface area contributed by atoms with Gasteiger partial charge in [-0.05, 0) is 19.5 Å². The van der Waals surface area contributed by atoms with Gasteiger partial charge in [-0.15, -0.1) is 0 Å². The summed E-state index contributed by atoms with van der Waals surface area (Å²) in [5, 5.41) is 2.92. The molecule has 1 aromatic heterocycles. The van der Waals surface area contributed by atoms with E-state index in [1.165, 1.54) is 13.0 Å². The van der Waals surface area contributed by atoms with Crippen LogP contribution in [0.5, 0.6) is 0 Å². The molecule has 0 aliphatic rings. The van der Waals surface area contributed by atoms with E-state index in [4.69, 9.17) is 4.42 Å². The number of hydrogen-bond acceptors (Lipinski definition) is 3. The van der Waals surface area contributed by atoms with Gasteiger partial charge in [0.1, 0.15) is 11.5 Å². The molecule has 0 radical (unpaired) electrons. The lowest BCUT2D eigenvalue weighted by Gasteiger charge is -2.22. The normalized spacial score (nSPS) is 13.2. The molecule has 1 aromatic rings. The Kier molecular flexibility index (Phi) is 5.68. The van der Waals surface area contributed by atoms with Crippen molar-refractivity contribution in [2.24, 2.45) is 0 Å². The van der Waals surface area contributed by atoms with Crippen LogP contribution in [0.3, 0.4) is 0 Å². The van der Waals surface area contributed by atoms with Gasteiger partial charge >= 0.3 is 12.4 Å². The summed E-state index contributed by atoms with van der Waals surface area (Å²) in [7, 11) is 0. The van der Waals surface area contributed by atoms with E-state index in [1.807, 2.05) is 6.92 Å². The van der Waals surface area contributed by atoms with Gasteiger partial charge in [0.15, 0.2) is 0 Å². The van der Waals surface area contributed by atoms with E-state index in [2.05, 4.69) is 10.1 Å². The van der Waals surface area contributed by atoms with Crippen molar-refractivity contribution in [2.45, 2.75) is 45.5 Å². The second-order valence-corrected chi connectivity index (χ2v) is 4.35. The molecule has 0 aliphatic heterocycles. The maximum atomic E-state index is 12.3. The molecule has 1 N–H and O–H groups in total. The van der Waals surface area contributed by atoms with Gasteiger partial charge in [0.25, 0.3) is 0 Å².